The first-order valence-corrected chi connectivity index (χ1v) is 12.2. The number of para-hydroxylation sites is 1. The molecular formula is C27H23FN4O2S. The number of carboxylic acid groups (broad SMARTS) is 1. The average molecular weight is 487 g/mol. The summed E-state index contributed by atoms with van der Waals surface area (Å²) in [6, 6.07) is 20.0. The highest BCUT2D eigenvalue weighted by Gasteiger charge is 2.27. The van der Waals surface area contributed by atoms with Gasteiger partial charge in [0.15, 0.2) is 5.16 Å². The smallest absolute Gasteiger partial charge is 0.328 e. The first-order chi connectivity index (χ1) is 17.1. The first-order valence-electron chi connectivity index (χ1n) is 11.3. The average Bonchev–Trinajstić information content (AvgIpc) is 3.61. The van der Waals surface area contributed by atoms with Gasteiger partial charge in [0.05, 0.1) is 11.4 Å². The van der Waals surface area contributed by atoms with Crippen molar-refractivity contribution in [2.24, 2.45) is 5.92 Å². The van der Waals surface area contributed by atoms with Crippen LogP contribution < -0.4 is 5.32 Å². The number of hydrogen-bond donors (Lipinski definition) is 2. The monoisotopic (exact) mass is 486 g/mol. The van der Waals surface area contributed by atoms with Crippen molar-refractivity contribution in [3.05, 3.63) is 90.2 Å². The Bertz CT molecular complexity index is 1370. The van der Waals surface area contributed by atoms with Crippen LogP contribution in [0.25, 0.3) is 22.5 Å². The van der Waals surface area contributed by atoms with Crippen LogP contribution in [0.15, 0.2) is 89.6 Å². The highest BCUT2D eigenvalue weighted by atomic mass is 32.2. The number of aliphatic carboxylic acids is 1. The number of hydrogen-bond acceptors (Lipinski definition) is 5. The van der Waals surface area contributed by atoms with Crippen LogP contribution in [-0.2, 0) is 11.3 Å². The van der Waals surface area contributed by atoms with E-state index in [2.05, 4.69) is 14.9 Å². The number of pyridine rings is 1. The molecule has 0 aliphatic heterocycles. The maximum atomic E-state index is 13.7. The van der Waals surface area contributed by atoms with E-state index in [9.17, 15) is 9.18 Å². The number of nitrogens with zero attached hydrogens (tertiary/aromatic N) is 3. The first kappa shape index (κ1) is 22.9. The van der Waals surface area contributed by atoms with Crippen LogP contribution >= 0.6 is 11.8 Å². The Labute approximate surface area is 206 Å². The summed E-state index contributed by atoms with van der Waals surface area (Å²) in [6.07, 6.45) is 5.15. The predicted molar refractivity (Wildman–Crippen MR) is 136 cm³/mol. The van der Waals surface area contributed by atoms with Gasteiger partial charge in [0.1, 0.15) is 11.6 Å². The van der Waals surface area contributed by atoms with Crippen LogP contribution in [0, 0.1) is 11.7 Å². The SMILES string of the molecule is O=C(O)/C=C/Sc1nc(-c2ccc(F)cc2)c(-c2ccnc(Nc3ccccc3)c2)n1CC1CC1. The van der Waals surface area contributed by atoms with E-state index in [0.29, 0.717) is 22.6 Å². The summed E-state index contributed by atoms with van der Waals surface area (Å²) in [5.74, 6) is -0.0824. The molecule has 35 heavy (non-hydrogen) atoms. The number of benzene rings is 2. The van der Waals surface area contributed by atoms with Crippen molar-refractivity contribution in [1.82, 2.24) is 14.5 Å². The Hall–Kier alpha value is -3.91. The van der Waals surface area contributed by atoms with Crippen molar-refractivity contribution < 1.29 is 14.3 Å². The second-order valence-corrected chi connectivity index (χ2v) is 9.21. The number of halogens is 1. The molecule has 176 valence electrons. The molecule has 0 spiro atoms. The van der Waals surface area contributed by atoms with Gasteiger partial charge in [-0.3, -0.25) is 0 Å². The molecule has 0 unspecified atom stereocenters. The number of thioether (sulfide) groups is 1. The molecule has 2 heterocycles. The van der Waals surface area contributed by atoms with Gasteiger partial charge in [-0.1, -0.05) is 30.0 Å². The van der Waals surface area contributed by atoms with Crippen LogP contribution in [-0.4, -0.2) is 25.6 Å². The highest BCUT2D eigenvalue weighted by molar-refractivity contribution is 8.02. The summed E-state index contributed by atoms with van der Waals surface area (Å²) in [7, 11) is 0. The Morgan fingerprint density at radius 2 is 1.89 bits per heavy atom. The fourth-order valence-corrected chi connectivity index (χ4v) is 4.56. The van der Waals surface area contributed by atoms with E-state index in [0.717, 1.165) is 48.0 Å². The molecule has 1 aliphatic carbocycles. The van der Waals surface area contributed by atoms with Gasteiger partial charge < -0.3 is 15.0 Å². The quantitative estimate of drug-likeness (QED) is 0.205. The molecule has 0 bridgehead atoms. The van der Waals surface area contributed by atoms with Crippen molar-refractivity contribution in [2.75, 3.05) is 5.32 Å². The normalized spacial score (nSPS) is 13.3. The molecule has 1 saturated carbocycles. The van der Waals surface area contributed by atoms with Crippen LogP contribution in [0.1, 0.15) is 12.8 Å². The summed E-state index contributed by atoms with van der Waals surface area (Å²) in [6.45, 7) is 0.774. The van der Waals surface area contributed by atoms with Crippen molar-refractivity contribution in [3.8, 4) is 22.5 Å². The van der Waals surface area contributed by atoms with Gasteiger partial charge in [0.2, 0.25) is 0 Å². The van der Waals surface area contributed by atoms with Gasteiger partial charge in [-0.2, -0.15) is 0 Å². The van der Waals surface area contributed by atoms with Gasteiger partial charge >= 0.3 is 5.97 Å². The van der Waals surface area contributed by atoms with Crippen LogP contribution in [0.2, 0.25) is 0 Å². The lowest BCUT2D eigenvalue weighted by atomic mass is 10.1. The zero-order valence-electron chi connectivity index (χ0n) is 18.8. The third kappa shape index (κ3) is 5.60. The number of nitrogens with one attached hydrogen (secondary N) is 1. The van der Waals surface area contributed by atoms with Crippen molar-refractivity contribution in [1.29, 1.82) is 0 Å². The summed E-state index contributed by atoms with van der Waals surface area (Å²) >= 11 is 1.26. The van der Waals surface area contributed by atoms with E-state index in [4.69, 9.17) is 10.1 Å². The molecule has 4 aromatic rings. The Kier molecular flexibility index (Phi) is 6.63. The molecule has 2 N–H and O–H groups in total. The fraction of sp³-hybridized carbons (Fsp3) is 0.148. The number of carboxylic acids is 1. The second kappa shape index (κ2) is 10.1. The third-order valence-corrected chi connectivity index (χ3v) is 6.45. The van der Waals surface area contributed by atoms with E-state index in [1.165, 1.54) is 29.3 Å². The standard InChI is InChI=1S/C27H23FN4O2S/c28-21-10-8-19(9-11-21)25-26(20-12-14-29-23(16-20)30-22-4-2-1-3-5-22)32(17-18-6-7-18)27(31-25)35-15-13-24(33)34/h1-5,8-16,18H,6-7,17H2,(H,29,30)(H,33,34)/b15-13+. The van der Waals surface area contributed by atoms with Gasteiger partial charge in [-0.15, -0.1) is 0 Å². The predicted octanol–water partition coefficient (Wildman–Crippen LogP) is 6.60. The van der Waals surface area contributed by atoms with Gasteiger partial charge in [-0.05, 0) is 72.7 Å². The van der Waals surface area contributed by atoms with Crippen LogP contribution in [0.3, 0.4) is 0 Å². The van der Waals surface area contributed by atoms with E-state index in [1.807, 2.05) is 42.5 Å². The summed E-state index contributed by atoms with van der Waals surface area (Å²) < 4.78 is 15.8. The molecule has 2 aromatic carbocycles. The summed E-state index contributed by atoms with van der Waals surface area (Å²) in [5, 5.41) is 14.6. The summed E-state index contributed by atoms with van der Waals surface area (Å²) in [4.78, 5) is 20.4. The molecule has 8 heteroatoms. The molecule has 1 aliphatic rings. The lowest BCUT2D eigenvalue weighted by Crippen LogP contribution is -2.04. The molecule has 0 amide bonds. The van der Waals surface area contributed by atoms with Crippen molar-refractivity contribution in [3.63, 3.8) is 0 Å². The van der Waals surface area contributed by atoms with Crippen LogP contribution in [0.4, 0.5) is 15.9 Å². The van der Waals surface area contributed by atoms with E-state index < -0.39 is 5.97 Å². The van der Waals surface area contributed by atoms with E-state index in [1.54, 1.807) is 18.3 Å². The molecule has 2 aromatic heterocycles. The van der Waals surface area contributed by atoms with Gasteiger partial charge in [0.25, 0.3) is 0 Å². The minimum absolute atomic E-state index is 0.315. The van der Waals surface area contributed by atoms with Gasteiger partial charge in [0, 0.05) is 35.6 Å². The topological polar surface area (TPSA) is 80.0 Å². The molecular weight excluding hydrogens is 463 g/mol. The van der Waals surface area contributed by atoms with Crippen molar-refractivity contribution in [2.45, 2.75) is 24.5 Å². The minimum atomic E-state index is -1.01. The van der Waals surface area contributed by atoms with E-state index >= 15 is 0 Å². The molecule has 0 saturated heterocycles. The lowest BCUT2D eigenvalue weighted by Gasteiger charge is -2.13. The lowest BCUT2D eigenvalue weighted by molar-refractivity contribution is -0.131. The van der Waals surface area contributed by atoms with E-state index in [-0.39, 0.29) is 5.82 Å². The third-order valence-electron chi connectivity index (χ3n) is 5.65. The maximum Gasteiger partial charge on any atom is 0.328 e. The minimum Gasteiger partial charge on any atom is -0.478 e. The molecule has 5 rings (SSSR count). The number of aromatic nitrogens is 3. The molecule has 0 radical (unpaired) electrons. The zero-order valence-corrected chi connectivity index (χ0v) is 19.6. The molecule has 6 nitrogen and oxygen atoms in total. The Balaban J connectivity index is 1.62. The fourth-order valence-electron chi connectivity index (χ4n) is 3.82. The Morgan fingerprint density at radius 1 is 1.11 bits per heavy atom. The second-order valence-electron chi connectivity index (χ2n) is 8.33. The number of rotatable bonds is 9. The van der Waals surface area contributed by atoms with Crippen molar-refractivity contribution >= 4 is 29.2 Å². The number of anilines is 2. The van der Waals surface area contributed by atoms with Gasteiger partial charge in [-0.25, -0.2) is 19.2 Å². The Morgan fingerprint density at radius 3 is 2.60 bits per heavy atom. The summed E-state index contributed by atoms with van der Waals surface area (Å²) in [5.41, 5.74) is 4.24. The molecule has 1 fully saturated rings. The van der Waals surface area contributed by atoms with Crippen LogP contribution in [0.5, 0.6) is 0 Å². The number of carbonyl (C=O) groups is 1. The molecule has 0 atom stereocenters. The zero-order chi connectivity index (χ0) is 24.2. The highest BCUT2D eigenvalue weighted by Crippen LogP contribution is 2.40. The number of imidazole rings is 1. The maximum absolute atomic E-state index is 13.7. The largest absolute Gasteiger partial charge is 0.478 e.